The second-order valence-corrected chi connectivity index (χ2v) is 6.69. The first-order valence-electron chi connectivity index (χ1n) is 9.76. The molecule has 0 aliphatic carbocycles. The van der Waals surface area contributed by atoms with Crippen molar-refractivity contribution < 1.29 is 19.1 Å². The summed E-state index contributed by atoms with van der Waals surface area (Å²) in [5.74, 6) is -0.417. The van der Waals surface area contributed by atoms with Crippen LogP contribution in [0.5, 0.6) is 0 Å². The Labute approximate surface area is 155 Å². The van der Waals surface area contributed by atoms with Crippen LogP contribution in [0.1, 0.15) is 85.4 Å². The summed E-state index contributed by atoms with van der Waals surface area (Å²) in [5.41, 5.74) is 1.06. The zero-order valence-electron chi connectivity index (χ0n) is 15.7. The molecule has 0 unspecified atom stereocenters. The van der Waals surface area contributed by atoms with Crippen LogP contribution >= 0.6 is 0 Å². The van der Waals surface area contributed by atoms with E-state index in [9.17, 15) is 14.4 Å². The smallest absolute Gasteiger partial charge is 0.305 e. The molecular weight excluding hydrogens is 330 g/mol. The standard InChI is InChI=1S/C21H29NO4/c1-2-26-19(23)15-9-7-5-3-4-6-8-12-16-22-20(24)17-13-10-11-14-18(17)21(22)25/h10-11,13-14H,2-9,12,15-16H2,1H3. The monoisotopic (exact) mass is 359 g/mol. The molecule has 0 fully saturated rings. The molecule has 0 radical (unpaired) electrons. The van der Waals surface area contributed by atoms with Crippen molar-refractivity contribution in [2.45, 2.75) is 64.7 Å². The van der Waals surface area contributed by atoms with Gasteiger partial charge in [0.05, 0.1) is 17.7 Å². The lowest BCUT2D eigenvalue weighted by Crippen LogP contribution is -2.30. The zero-order chi connectivity index (χ0) is 18.8. The van der Waals surface area contributed by atoms with Crippen molar-refractivity contribution in [3.63, 3.8) is 0 Å². The van der Waals surface area contributed by atoms with E-state index >= 15 is 0 Å². The molecule has 0 aromatic heterocycles. The maximum Gasteiger partial charge on any atom is 0.305 e. The molecular formula is C21H29NO4. The SMILES string of the molecule is CCOC(=O)CCCCCCCCCCN1C(=O)c2ccccc2C1=O. The number of hydrogen-bond acceptors (Lipinski definition) is 4. The highest BCUT2D eigenvalue weighted by Crippen LogP contribution is 2.23. The number of fused-ring (bicyclic) bond motifs is 1. The summed E-state index contributed by atoms with van der Waals surface area (Å²) in [6, 6.07) is 7.02. The Balaban J connectivity index is 1.50. The van der Waals surface area contributed by atoms with Gasteiger partial charge in [-0.05, 0) is 31.9 Å². The average Bonchev–Trinajstić information content (AvgIpc) is 2.88. The van der Waals surface area contributed by atoms with Crippen molar-refractivity contribution in [2.24, 2.45) is 0 Å². The van der Waals surface area contributed by atoms with Gasteiger partial charge in [0.2, 0.25) is 0 Å². The lowest BCUT2D eigenvalue weighted by atomic mass is 10.1. The third-order valence-corrected chi connectivity index (χ3v) is 4.70. The predicted molar refractivity (Wildman–Crippen MR) is 100.0 cm³/mol. The first kappa shape index (κ1) is 20.1. The first-order valence-corrected chi connectivity index (χ1v) is 9.76. The Morgan fingerprint density at radius 2 is 1.35 bits per heavy atom. The summed E-state index contributed by atoms with van der Waals surface area (Å²) in [6.07, 6.45) is 8.93. The van der Waals surface area contributed by atoms with E-state index in [0.717, 1.165) is 51.4 Å². The van der Waals surface area contributed by atoms with Gasteiger partial charge < -0.3 is 4.74 Å². The average molecular weight is 359 g/mol. The number of imide groups is 1. The molecule has 5 heteroatoms. The lowest BCUT2D eigenvalue weighted by molar-refractivity contribution is -0.143. The quantitative estimate of drug-likeness (QED) is 0.316. The van der Waals surface area contributed by atoms with Crippen LogP contribution in [0.3, 0.4) is 0 Å². The van der Waals surface area contributed by atoms with E-state index in [4.69, 9.17) is 4.74 Å². The maximum atomic E-state index is 12.2. The number of nitrogens with zero attached hydrogens (tertiary/aromatic N) is 1. The molecule has 1 aliphatic rings. The van der Waals surface area contributed by atoms with E-state index in [1.807, 2.05) is 6.92 Å². The fourth-order valence-corrected chi connectivity index (χ4v) is 3.28. The third kappa shape index (κ3) is 5.68. The molecule has 1 aromatic rings. The molecule has 1 heterocycles. The highest BCUT2D eigenvalue weighted by atomic mass is 16.5. The van der Waals surface area contributed by atoms with Gasteiger partial charge in [0, 0.05) is 13.0 Å². The molecule has 142 valence electrons. The second kappa shape index (κ2) is 10.7. The Morgan fingerprint density at radius 3 is 1.88 bits per heavy atom. The predicted octanol–water partition coefficient (Wildman–Crippen LogP) is 4.36. The Bertz CT molecular complexity index is 591. The zero-order valence-corrected chi connectivity index (χ0v) is 15.7. The number of carbonyl (C=O) groups is 3. The number of benzene rings is 1. The number of unbranched alkanes of at least 4 members (excludes halogenated alkanes) is 7. The van der Waals surface area contributed by atoms with Crippen molar-refractivity contribution in [1.82, 2.24) is 4.90 Å². The number of ether oxygens (including phenoxy) is 1. The minimum Gasteiger partial charge on any atom is -0.466 e. The van der Waals surface area contributed by atoms with E-state index < -0.39 is 0 Å². The van der Waals surface area contributed by atoms with Gasteiger partial charge in [0.25, 0.3) is 11.8 Å². The largest absolute Gasteiger partial charge is 0.466 e. The van der Waals surface area contributed by atoms with Crippen molar-refractivity contribution in [1.29, 1.82) is 0 Å². The molecule has 5 nitrogen and oxygen atoms in total. The molecule has 1 aromatic carbocycles. The summed E-state index contributed by atoms with van der Waals surface area (Å²) < 4.78 is 4.90. The molecule has 0 saturated heterocycles. The maximum absolute atomic E-state index is 12.2. The molecule has 0 N–H and O–H groups in total. The Hall–Kier alpha value is -2.17. The van der Waals surface area contributed by atoms with Gasteiger partial charge >= 0.3 is 5.97 Å². The molecule has 0 saturated carbocycles. The van der Waals surface area contributed by atoms with Gasteiger partial charge in [0.1, 0.15) is 0 Å². The summed E-state index contributed by atoms with van der Waals surface area (Å²) in [7, 11) is 0. The number of hydrogen-bond donors (Lipinski definition) is 0. The minimum atomic E-state index is -0.160. The van der Waals surface area contributed by atoms with Crippen LogP contribution in [0.4, 0.5) is 0 Å². The van der Waals surface area contributed by atoms with Crippen molar-refractivity contribution >= 4 is 17.8 Å². The van der Waals surface area contributed by atoms with Gasteiger partial charge in [0.15, 0.2) is 0 Å². The van der Waals surface area contributed by atoms with Gasteiger partial charge in [-0.15, -0.1) is 0 Å². The number of rotatable bonds is 12. The minimum absolute atomic E-state index is 0.0966. The van der Waals surface area contributed by atoms with E-state index in [-0.39, 0.29) is 17.8 Å². The van der Waals surface area contributed by atoms with E-state index in [1.54, 1.807) is 24.3 Å². The van der Waals surface area contributed by atoms with Gasteiger partial charge in [-0.1, -0.05) is 50.7 Å². The highest BCUT2D eigenvalue weighted by Gasteiger charge is 2.34. The Morgan fingerprint density at radius 1 is 0.846 bits per heavy atom. The fourth-order valence-electron chi connectivity index (χ4n) is 3.28. The highest BCUT2D eigenvalue weighted by molar-refractivity contribution is 6.21. The van der Waals surface area contributed by atoms with Crippen molar-refractivity contribution in [3.8, 4) is 0 Å². The fraction of sp³-hybridized carbons (Fsp3) is 0.571. The first-order chi connectivity index (χ1) is 12.6. The van der Waals surface area contributed by atoms with Crippen LogP contribution in [0.2, 0.25) is 0 Å². The molecule has 26 heavy (non-hydrogen) atoms. The summed E-state index contributed by atoms with van der Waals surface area (Å²) in [6.45, 7) is 2.79. The summed E-state index contributed by atoms with van der Waals surface area (Å²) >= 11 is 0. The van der Waals surface area contributed by atoms with Gasteiger partial charge in [-0.2, -0.15) is 0 Å². The molecule has 2 rings (SSSR count). The second-order valence-electron chi connectivity index (χ2n) is 6.69. The number of carbonyl (C=O) groups excluding carboxylic acids is 3. The van der Waals surface area contributed by atoms with E-state index in [1.165, 1.54) is 4.90 Å². The normalized spacial score (nSPS) is 13.2. The third-order valence-electron chi connectivity index (χ3n) is 4.70. The molecule has 0 bridgehead atoms. The van der Waals surface area contributed by atoms with Crippen LogP contribution in [0.15, 0.2) is 24.3 Å². The van der Waals surface area contributed by atoms with E-state index in [0.29, 0.717) is 30.7 Å². The van der Waals surface area contributed by atoms with Crippen LogP contribution in [-0.2, 0) is 9.53 Å². The summed E-state index contributed by atoms with van der Waals surface area (Å²) in [4.78, 5) is 37.0. The van der Waals surface area contributed by atoms with Crippen molar-refractivity contribution in [2.75, 3.05) is 13.2 Å². The van der Waals surface area contributed by atoms with Crippen LogP contribution in [0, 0.1) is 0 Å². The van der Waals surface area contributed by atoms with Gasteiger partial charge in [-0.3, -0.25) is 19.3 Å². The van der Waals surface area contributed by atoms with Crippen LogP contribution in [0.25, 0.3) is 0 Å². The molecule has 2 amide bonds. The lowest BCUT2D eigenvalue weighted by Gasteiger charge is -2.13. The van der Waals surface area contributed by atoms with Gasteiger partial charge in [-0.25, -0.2) is 0 Å². The molecule has 1 aliphatic heterocycles. The van der Waals surface area contributed by atoms with Crippen LogP contribution < -0.4 is 0 Å². The number of esters is 1. The molecule has 0 atom stereocenters. The Kier molecular flexibility index (Phi) is 8.32. The topological polar surface area (TPSA) is 63.7 Å². The molecule has 0 spiro atoms. The van der Waals surface area contributed by atoms with Crippen molar-refractivity contribution in [3.05, 3.63) is 35.4 Å². The summed E-state index contributed by atoms with van der Waals surface area (Å²) in [5, 5.41) is 0. The van der Waals surface area contributed by atoms with E-state index in [2.05, 4.69) is 0 Å². The van der Waals surface area contributed by atoms with Crippen LogP contribution in [-0.4, -0.2) is 35.8 Å². The number of amides is 2.